The molecular weight excluding hydrogens is 358 g/mol. The maximum Gasteiger partial charge on any atom is 0.360 e. The average molecular weight is 381 g/mol. The van der Waals surface area contributed by atoms with E-state index >= 15 is 0 Å². The number of anilines is 2. The zero-order valence-corrected chi connectivity index (χ0v) is 16.2. The van der Waals surface area contributed by atoms with Gasteiger partial charge in [0.05, 0.1) is 36.5 Å². The second-order valence-electron chi connectivity index (χ2n) is 5.78. The van der Waals surface area contributed by atoms with E-state index in [9.17, 15) is 4.79 Å². The molecule has 0 bridgehead atoms. The lowest BCUT2D eigenvalue weighted by Crippen LogP contribution is -2.12. The van der Waals surface area contributed by atoms with Crippen LogP contribution in [0.1, 0.15) is 31.3 Å². The van der Waals surface area contributed by atoms with Crippen LogP contribution in [-0.2, 0) is 4.74 Å². The lowest BCUT2D eigenvalue weighted by atomic mass is 10.2. The number of carbonyl (C=O) groups excluding carboxylic acids is 1. The third-order valence-corrected chi connectivity index (χ3v) is 3.85. The summed E-state index contributed by atoms with van der Waals surface area (Å²) in [6.07, 6.45) is 0. The fourth-order valence-corrected chi connectivity index (χ4v) is 2.70. The first-order chi connectivity index (χ1) is 13.7. The Morgan fingerprint density at radius 3 is 2.32 bits per heavy atom. The lowest BCUT2D eigenvalue weighted by molar-refractivity contribution is 0.0521. The number of para-hydroxylation sites is 2. The summed E-state index contributed by atoms with van der Waals surface area (Å²) in [5, 5.41) is 3.18. The third kappa shape index (κ3) is 4.31. The van der Waals surface area contributed by atoms with Crippen LogP contribution in [0.15, 0.2) is 42.5 Å². The summed E-state index contributed by atoms with van der Waals surface area (Å²) in [5.41, 5.74) is 2.02. The van der Waals surface area contributed by atoms with Crippen LogP contribution in [0, 0.1) is 0 Å². The molecule has 0 aliphatic carbocycles. The summed E-state index contributed by atoms with van der Waals surface area (Å²) in [7, 11) is 0. The van der Waals surface area contributed by atoms with Crippen LogP contribution in [0.3, 0.4) is 0 Å². The number of nitrogens with zero attached hydrogens (tertiary/aromatic N) is 2. The highest BCUT2D eigenvalue weighted by Gasteiger charge is 2.19. The lowest BCUT2D eigenvalue weighted by Gasteiger charge is -2.15. The van der Waals surface area contributed by atoms with Gasteiger partial charge >= 0.3 is 5.97 Å². The van der Waals surface area contributed by atoms with Gasteiger partial charge in [0.25, 0.3) is 0 Å². The molecule has 0 saturated heterocycles. The molecule has 0 aliphatic heterocycles. The first-order valence-electron chi connectivity index (χ1n) is 9.26. The third-order valence-electron chi connectivity index (χ3n) is 3.85. The molecule has 3 rings (SSSR count). The Labute approximate surface area is 163 Å². The van der Waals surface area contributed by atoms with Crippen LogP contribution >= 0.6 is 0 Å². The van der Waals surface area contributed by atoms with Gasteiger partial charge in [-0.25, -0.2) is 14.8 Å². The molecule has 0 spiro atoms. The fourth-order valence-electron chi connectivity index (χ4n) is 2.70. The van der Waals surface area contributed by atoms with E-state index in [2.05, 4.69) is 15.3 Å². The minimum atomic E-state index is -0.540. The largest absolute Gasteiger partial charge is 0.494 e. The van der Waals surface area contributed by atoms with Crippen LogP contribution in [0.25, 0.3) is 11.0 Å². The second-order valence-corrected chi connectivity index (χ2v) is 5.78. The Kier molecular flexibility index (Phi) is 6.26. The first kappa shape index (κ1) is 19.4. The van der Waals surface area contributed by atoms with Crippen molar-refractivity contribution >= 4 is 28.5 Å². The predicted octanol–water partition coefficient (Wildman–Crippen LogP) is 4.35. The summed E-state index contributed by atoms with van der Waals surface area (Å²) in [4.78, 5) is 21.5. The maximum absolute atomic E-state index is 12.5. The summed E-state index contributed by atoms with van der Waals surface area (Å²) in [6, 6.07) is 12.8. The predicted molar refractivity (Wildman–Crippen MR) is 108 cm³/mol. The van der Waals surface area contributed by atoms with E-state index in [1.54, 1.807) is 19.1 Å². The number of ether oxygens (including phenoxy) is 3. The summed E-state index contributed by atoms with van der Waals surface area (Å²) in [6.45, 7) is 6.85. The van der Waals surface area contributed by atoms with Crippen molar-refractivity contribution in [2.24, 2.45) is 0 Å². The fraction of sp³-hybridized carbons (Fsp3) is 0.286. The smallest absolute Gasteiger partial charge is 0.360 e. The molecule has 0 unspecified atom stereocenters. The van der Waals surface area contributed by atoms with E-state index in [4.69, 9.17) is 14.2 Å². The Bertz CT molecular complexity index is 975. The molecule has 0 radical (unpaired) electrons. The molecule has 0 fully saturated rings. The van der Waals surface area contributed by atoms with Crippen molar-refractivity contribution in [3.63, 3.8) is 0 Å². The quantitative estimate of drug-likeness (QED) is 0.581. The van der Waals surface area contributed by atoms with Crippen molar-refractivity contribution in [3.8, 4) is 11.5 Å². The zero-order valence-electron chi connectivity index (χ0n) is 16.2. The second kappa shape index (κ2) is 9.03. The van der Waals surface area contributed by atoms with Crippen molar-refractivity contribution in [1.82, 2.24) is 9.97 Å². The normalized spacial score (nSPS) is 10.5. The highest BCUT2D eigenvalue weighted by Crippen LogP contribution is 2.33. The van der Waals surface area contributed by atoms with E-state index in [0.29, 0.717) is 47.3 Å². The molecule has 0 amide bonds. The molecule has 2 aromatic carbocycles. The Balaban J connectivity index is 2.08. The van der Waals surface area contributed by atoms with E-state index in [1.807, 2.05) is 44.2 Å². The van der Waals surface area contributed by atoms with Crippen LogP contribution in [0.2, 0.25) is 0 Å². The molecule has 1 aromatic heterocycles. The highest BCUT2D eigenvalue weighted by molar-refractivity contribution is 5.96. The molecule has 0 aliphatic rings. The maximum atomic E-state index is 12.5. The number of rotatable bonds is 8. The summed E-state index contributed by atoms with van der Waals surface area (Å²) >= 11 is 0. The molecule has 0 saturated carbocycles. The van der Waals surface area contributed by atoms with Crippen molar-refractivity contribution in [2.75, 3.05) is 25.1 Å². The molecule has 146 valence electrons. The first-order valence-corrected chi connectivity index (χ1v) is 9.26. The monoisotopic (exact) mass is 381 g/mol. The van der Waals surface area contributed by atoms with Crippen molar-refractivity contribution in [1.29, 1.82) is 0 Å². The molecule has 3 aromatic rings. The number of esters is 1. The van der Waals surface area contributed by atoms with Gasteiger partial charge in [-0.05, 0) is 45.0 Å². The van der Waals surface area contributed by atoms with Gasteiger partial charge in [-0.1, -0.05) is 12.1 Å². The molecular formula is C21H23N3O4. The van der Waals surface area contributed by atoms with Crippen molar-refractivity contribution < 1.29 is 19.0 Å². The molecule has 7 nitrogen and oxygen atoms in total. The summed E-state index contributed by atoms with van der Waals surface area (Å²) < 4.78 is 16.4. The van der Waals surface area contributed by atoms with Crippen LogP contribution < -0.4 is 14.8 Å². The van der Waals surface area contributed by atoms with Crippen molar-refractivity contribution in [3.05, 3.63) is 48.2 Å². The molecule has 7 heteroatoms. The van der Waals surface area contributed by atoms with E-state index in [-0.39, 0.29) is 12.3 Å². The number of benzene rings is 2. The highest BCUT2D eigenvalue weighted by atomic mass is 16.5. The number of nitrogens with one attached hydrogen (secondary N) is 1. The van der Waals surface area contributed by atoms with Crippen LogP contribution in [0.4, 0.5) is 11.5 Å². The van der Waals surface area contributed by atoms with E-state index < -0.39 is 5.97 Å². The topological polar surface area (TPSA) is 82.6 Å². The van der Waals surface area contributed by atoms with E-state index in [0.717, 1.165) is 0 Å². The van der Waals surface area contributed by atoms with Gasteiger partial charge in [0.1, 0.15) is 11.5 Å². The number of fused-ring (bicyclic) bond motifs is 1. The van der Waals surface area contributed by atoms with Gasteiger partial charge in [0.2, 0.25) is 0 Å². The number of aromatic nitrogens is 2. The standard InChI is InChI=1S/C21H23N3O4/c1-4-26-14-11-12-18(27-5-2)17(13-14)24-20-19(21(25)28-6-3)22-15-9-7-8-10-16(15)23-20/h7-13H,4-6H2,1-3H3,(H,23,24). The number of hydrogen-bond donors (Lipinski definition) is 1. The zero-order chi connectivity index (χ0) is 19.9. The van der Waals surface area contributed by atoms with Gasteiger partial charge in [-0.3, -0.25) is 0 Å². The minimum absolute atomic E-state index is 0.116. The Morgan fingerprint density at radius 1 is 0.929 bits per heavy atom. The molecule has 28 heavy (non-hydrogen) atoms. The van der Waals surface area contributed by atoms with Crippen LogP contribution in [-0.4, -0.2) is 35.8 Å². The average Bonchev–Trinajstić information content (AvgIpc) is 2.70. The van der Waals surface area contributed by atoms with Gasteiger partial charge in [0, 0.05) is 6.07 Å². The molecule has 1 heterocycles. The van der Waals surface area contributed by atoms with Crippen LogP contribution in [0.5, 0.6) is 11.5 Å². The Hall–Kier alpha value is -3.35. The van der Waals surface area contributed by atoms with Gasteiger partial charge < -0.3 is 19.5 Å². The number of hydrogen-bond acceptors (Lipinski definition) is 7. The van der Waals surface area contributed by atoms with Gasteiger partial charge in [-0.15, -0.1) is 0 Å². The van der Waals surface area contributed by atoms with Crippen molar-refractivity contribution in [2.45, 2.75) is 20.8 Å². The van der Waals surface area contributed by atoms with Gasteiger partial charge in [0.15, 0.2) is 11.5 Å². The van der Waals surface area contributed by atoms with E-state index in [1.165, 1.54) is 0 Å². The molecule has 1 N–H and O–H groups in total. The Morgan fingerprint density at radius 2 is 1.64 bits per heavy atom. The van der Waals surface area contributed by atoms with Gasteiger partial charge in [-0.2, -0.15) is 0 Å². The minimum Gasteiger partial charge on any atom is -0.494 e. The molecule has 0 atom stereocenters. The number of carbonyl (C=O) groups is 1. The summed E-state index contributed by atoms with van der Waals surface area (Å²) in [5.74, 6) is 1.06. The SMILES string of the molecule is CCOC(=O)c1nc2ccccc2nc1Nc1cc(OCC)ccc1OCC.